The Morgan fingerprint density at radius 3 is 2.76 bits per heavy atom. The van der Waals surface area contributed by atoms with Crippen LogP contribution in [0.25, 0.3) is 10.4 Å². The fourth-order valence-corrected chi connectivity index (χ4v) is 1.94. The van der Waals surface area contributed by atoms with E-state index in [0.29, 0.717) is 10.6 Å². The number of amides is 1. The molecule has 0 aliphatic carbocycles. The quantitative estimate of drug-likeness (QED) is 0.323. The fourth-order valence-electron chi connectivity index (χ4n) is 1.78. The first-order valence-electron chi connectivity index (χ1n) is 6.64. The van der Waals surface area contributed by atoms with Gasteiger partial charge in [-0.1, -0.05) is 35.8 Å². The molecule has 0 aliphatic rings. The molecule has 0 saturated heterocycles. The summed E-state index contributed by atoms with van der Waals surface area (Å²) in [5.41, 5.74) is 8.73. The van der Waals surface area contributed by atoms with Crippen LogP contribution in [0.5, 0.6) is 0 Å². The number of rotatable bonds is 5. The molecule has 0 bridgehead atoms. The van der Waals surface area contributed by atoms with Gasteiger partial charge in [0.2, 0.25) is 0 Å². The van der Waals surface area contributed by atoms with E-state index >= 15 is 0 Å². The highest BCUT2D eigenvalue weighted by Crippen LogP contribution is 2.27. The average Bonchev–Trinajstić information content (AvgIpc) is 2.44. The van der Waals surface area contributed by atoms with E-state index in [1.165, 1.54) is 6.07 Å². The lowest BCUT2D eigenvalue weighted by molar-refractivity contribution is 0.0691. The highest BCUT2D eigenvalue weighted by Gasteiger charge is 2.26. The van der Waals surface area contributed by atoms with Crippen LogP contribution >= 0.6 is 11.6 Å². The van der Waals surface area contributed by atoms with Crippen LogP contribution in [-0.2, 0) is 0 Å². The summed E-state index contributed by atoms with van der Waals surface area (Å²) >= 11 is 5.88. The Balaban J connectivity index is 3.19. The summed E-state index contributed by atoms with van der Waals surface area (Å²) < 4.78 is 0. The smallest absolute Gasteiger partial charge is 0.254 e. The van der Waals surface area contributed by atoms with E-state index in [9.17, 15) is 4.79 Å². The number of carbonyl (C=O) groups is 1. The Morgan fingerprint density at radius 1 is 1.52 bits per heavy atom. The zero-order valence-electron chi connectivity index (χ0n) is 12.7. The van der Waals surface area contributed by atoms with Crippen molar-refractivity contribution in [2.75, 3.05) is 7.05 Å². The summed E-state index contributed by atoms with van der Waals surface area (Å²) in [6, 6.07) is 4.66. The van der Waals surface area contributed by atoms with Crippen molar-refractivity contribution in [3.05, 3.63) is 51.4 Å². The monoisotopic (exact) mass is 306 g/mol. The Morgan fingerprint density at radius 2 is 2.19 bits per heavy atom. The van der Waals surface area contributed by atoms with Gasteiger partial charge in [0.15, 0.2) is 0 Å². The van der Waals surface area contributed by atoms with Crippen molar-refractivity contribution in [3.63, 3.8) is 0 Å². The summed E-state index contributed by atoms with van der Waals surface area (Å²) in [4.78, 5) is 17.0. The minimum atomic E-state index is -0.444. The minimum absolute atomic E-state index is 0.222. The summed E-state index contributed by atoms with van der Waals surface area (Å²) in [5, 5.41) is 3.96. The first-order valence-corrected chi connectivity index (χ1v) is 7.01. The van der Waals surface area contributed by atoms with Crippen molar-refractivity contribution in [2.24, 2.45) is 5.11 Å². The summed E-state index contributed by atoms with van der Waals surface area (Å²) in [6.07, 6.45) is 4.89. The van der Waals surface area contributed by atoms with Gasteiger partial charge in [0, 0.05) is 22.5 Å². The third kappa shape index (κ3) is 4.25. The molecule has 6 heteroatoms. The number of hydrogen-bond donors (Lipinski definition) is 0. The van der Waals surface area contributed by atoms with Crippen LogP contribution in [0.1, 0.15) is 37.6 Å². The normalized spacial score (nSPS) is 11.3. The number of hydrogen-bond acceptors (Lipinski definition) is 2. The second kappa shape index (κ2) is 7.16. The number of halogens is 1. The predicted octanol–water partition coefficient (Wildman–Crippen LogP) is 5.10. The lowest BCUT2D eigenvalue weighted by atomic mass is 10.0. The van der Waals surface area contributed by atoms with Crippen LogP contribution in [0.15, 0.2) is 35.5 Å². The maximum atomic E-state index is 12.6. The van der Waals surface area contributed by atoms with Crippen molar-refractivity contribution >= 4 is 23.2 Å². The number of likely N-dealkylation sites (N-methyl/N-ethyl adjacent to an activating group) is 1. The first kappa shape index (κ1) is 17.1. The van der Waals surface area contributed by atoms with Gasteiger partial charge in [-0.3, -0.25) is 4.79 Å². The van der Waals surface area contributed by atoms with Crippen molar-refractivity contribution in [3.8, 4) is 0 Å². The molecule has 1 rings (SSSR count). The molecule has 1 aromatic rings. The molecule has 1 amide bonds. The number of carbonyl (C=O) groups excluding carboxylic acids is 1. The van der Waals surface area contributed by atoms with E-state index in [1.54, 1.807) is 24.1 Å². The van der Waals surface area contributed by atoms with Gasteiger partial charge in [0.25, 0.3) is 5.91 Å². The summed E-state index contributed by atoms with van der Waals surface area (Å²) in [6.45, 7) is 5.92. The molecule has 0 heterocycles. The molecular formula is C15H19ClN4O. The average molecular weight is 307 g/mol. The molecule has 0 atom stereocenters. The SMILES string of the molecule is CC/C=C\C(C)(C)N(C)C(=O)c1ccc(Cl)cc1N=[N+]=[N-]. The highest BCUT2D eigenvalue weighted by molar-refractivity contribution is 6.31. The van der Waals surface area contributed by atoms with Crippen molar-refractivity contribution in [1.29, 1.82) is 0 Å². The minimum Gasteiger partial charge on any atom is -0.333 e. The molecule has 0 radical (unpaired) electrons. The van der Waals surface area contributed by atoms with E-state index in [0.717, 1.165) is 6.42 Å². The number of nitrogens with zero attached hydrogens (tertiary/aromatic N) is 4. The molecule has 0 N–H and O–H groups in total. The number of allylic oxidation sites excluding steroid dienone is 1. The Bertz CT molecular complexity index is 604. The van der Waals surface area contributed by atoms with Crippen LogP contribution in [0, 0.1) is 0 Å². The molecule has 1 aromatic carbocycles. The Labute approximate surface area is 129 Å². The van der Waals surface area contributed by atoms with Gasteiger partial charge in [-0.2, -0.15) is 0 Å². The molecule has 0 aromatic heterocycles. The van der Waals surface area contributed by atoms with E-state index in [4.69, 9.17) is 17.1 Å². The van der Waals surface area contributed by atoms with Crippen LogP contribution in [0.4, 0.5) is 5.69 Å². The van der Waals surface area contributed by atoms with Gasteiger partial charge in [0.1, 0.15) is 0 Å². The predicted molar refractivity (Wildman–Crippen MR) is 85.9 cm³/mol. The van der Waals surface area contributed by atoms with E-state index < -0.39 is 5.54 Å². The molecule has 0 fully saturated rings. The van der Waals surface area contributed by atoms with Crippen molar-refractivity contribution < 1.29 is 4.79 Å². The number of azide groups is 1. The lowest BCUT2D eigenvalue weighted by Crippen LogP contribution is -2.43. The van der Waals surface area contributed by atoms with E-state index in [2.05, 4.69) is 10.0 Å². The van der Waals surface area contributed by atoms with E-state index in [-0.39, 0.29) is 11.6 Å². The molecular weight excluding hydrogens is 288 g/mol. The van der Waals surface area contributed by atoms with Gasteiger partial charge in [-0.25, -0.2) is 0 Å². The second-order valence-corrected chi connectivity index (χ2v) is 5.62. The summed E-state index contributed by atoms with van der Waals surface area (Å²) in [5.74, 6) is -0.222. The second-order valence-electron chi connectivity index (χ2n) is 5.18. The number of benzene rings is 1. The molecule has 5 nitrogen and oxygen atoms in total. The maximum absolute atomic E-state index is 12.6. The lowest BCUT2D eigenvalue weighted by Gasteiger charge is -2.33. The maximum Gasteiger partial charge on any atom is 0.254 e. The molecule has 112 valence electrons. The Hall–Kier alpha value is -1.97. The standard InChI is InChI=1S/C15H19ClN4O/c1-5-6-9-15(2,3)20(4)14(21)12-8-7-11(16)10-13(12)18-19-17/h6-10H,5H2,1-4H3/b9-6-. The third-order valence-corrected chi connectivity index (χ3v) is 3.51. The van der Waals surface area contributed by atoms with Gasteiger partial charge in [-0.05, 0) is 44.0 Å². The largest absolute Gasteiger partial charge is 0.333 e. The van der Waals surface area contributed by atoms with Gasteiger partial charge in [0.05, 0.1) is 11.2 Å². The van der Waals surface area contributed by atoms with Gasteiger partial charge in [-0.15, -0.1) is 0 Å². The van der Waals surface area contributed by atoms with Crippen LogP contribution in [-0.4, -0.2) is 23.4 Å². The summed E-state index contributed by atoms with van der Waals surface area (Å²) in [7, 11) is 1.72. The zero-order chi connectivity index (χ0) is 16.0. The van der Waals surface area contributed by atoms with Crippen molar-refractivity contribution in [1.82, 2.24) is 4.90 Å². The van der Waals surface area contributed by atoms with Gasteiger partial charge < -0.3 is 4.90 Å². The topological polar surface area (TPSA) is 69.1 Å². The fraction of sp³-hybridized carbons (Fsp3) is 0.400. The molecule has 0 saturated carbocycles. The van der Waals surface area contributed by atoms with Crippen LogP contribution < -0.4 is 0 Å². The van der Waals surface area contributed by atoms with Crippen LogP contribution in [0.3, 0.4) is 0 Å². The van der Waals surface area contributed by atoms with Crippen LogP contribution in [0.2, 0.25) is 5.02 Å². The third-order valence-electron chi connectivity index (χ3n) is 3.27. The van der Waals surface area contributed by atoms with Gasteiger partial charge >= 0.3 is 0 Å². The van der Waals surface area contributed by atoms with Crippen molar-refractivity contribution in [2.45, 2.75) is 32.7 Å². The molecule has 21 heavy (non-hydrogen) atoms. The van der Waals surface area contributed by atoms with E-state index in [1.807, 2.05) is 32.9 Å². The zero-order valence-corrected chi connectivity index (χ0v) is 13.4. The molecule has 0 unspecified atom stereocenters. The molecule has 0 spiro atoms. The Kier molecular flexibility index (Phi) is 5.82. The highest BCUT2D eigenvalue weighted by atomic mass is 35.5. The first-order chi connectivity index (χ1) is 9.83. The molecule has 0 aliphatic heterocycles.